The normalized spacial score (nSPS) is 13.4. The predicted octanol–water partition coefficient (Wildman–Crippen LogP) is 3.96. The highest BCUT2D eigenvalue weighted by Gasteiger charge is 2.19. The van der Waals surface area contributed by atoms with E-state index in [1.54, 1.807) is 12.1 Å². The number of amides is 2. The van der Waals surface area contributed by atoms with Crippen molar-refractivity contribution >= 4 is 33.5 Å². The highest BCUT2D eigenvalue weighted by molar-refractivity contribution is 9.10. The van der Waals surface area contributed by atoms with Crippen LogP contribution in [0.25, 0.3) is 0 Å². The van der Waals surface area contributed by atoms with E-state index in [1.165, 1.54) is 0 Å². The predicted molar refractivity (Wildman–Crippen MR) is 111 cm³/mol. The number of carbonyl (C=O) groups excluding carboxylic acids is 3. The molecule has 6 heteroatoms. The molecule has 1 fully saturated rings. The fourth-order valence-corrected chi connectivity index (χ4v) is 3.48. The second kappa shape index (κ2) is 9.64. The first-order chi connectivity index (χ1) is 13.5. The van der Waals surface area contributed by atoms with Crippen LogP contribution in [-0.4, -0.2) is 35.6 Å². The molecule has 1 heterocycles. The maximum absolute atomic E-state index is 12.5. The number of rotatable bonds is 7. The lowest BCUT2D eigenvalue weighted by molar-refractivity contribution is -0.121. The molecule has 0 aromatic heterocycles. The number of carbonyl (C=O) groups is 3. The molecular formula is C22H23BrN2O3. The molecular weight excluding hydrogens is 420 g/mol. The molecule has 0 atom stereocenters. The Kier molecular flexibility index (Phi) is 6.98. The van der Waals surface area contributed by atoms with E-state index in [-0.39, 0.29) is 30.4 Å². The molecule has 3 rings (SSSR count). The van der Waals surface area contributed by atoms with Gasteiger partial charge in [-0.3, -0.25) is 14.4 Å². The van der Waals surface area contributed by atoms with Gasteiger partial charge in [-0.25, -0.2) is 0 Å². The average Bonchev–Trinajstić information content (AvgIpc) is 3.25. The van der Waals surface area contributed by atoms with Gasteiger partial charge in [-0.15, -0.1) is 0 Å². The number of likely N-dealkylation sites (tertiary alicyclic amines) is 1. The Hall–Kier alpha value is -2.47. The number of benzene rings is 2. The molecule has 28 heavy (non-hydrogen) atoms. The summed E-state index contributed by atoms with van der Waals surface area (Å²) in [5.41, 5.74) is 2.13. The topological polar surface area (TPSA) is 66.5 Å². The molecule has 2 amide bonds. The molecule has 0 radical (unpaired) electrons. The maximum Gasteiger partial charge on any atom is 0.253 e. The lowest BCUT2D eigenvalue weighted by Gasteiger charge is -2.15. The van der Waals surface area contributed by atoms with E-state index in [9.17, 15) is 14.4 Å². The lowest BCUT2D eigenvalue weighted by atomic mass is 10.1. The number of hydrogen-bond acceptors (Lipinski definition) is 3. The Morgan fingerprint density at radius 3 is 2.36 bits per heavy atom. The summed E-state index contributed by atoms with van der Waals surface area (Å²) in [6.45, 7) is 1.96. The van der Waals surface area contributed by atoms with Gasteiger partial charge < -0.3 is 10.2 Å². The molecule has 1 N–H and O–H groups in total. The van der Waals surface area contributed by atoms with Crippen LogP contribution >= 0.6 is 15.9 Å². The zero-order valence-electron chi connectivity index (χ0n) is 15.6. The van der Waals surface area contributed by atoms with Crippen molar-refractivity contribution in [1.29, 1.82) is 0 Å². The van der Waals surface area contributed by atoms with Crippen molar-refractivity contribution in [2.45, 2.75) is 32.2 Å². The van der Waals surface area contributed by atoms with Gasteiger partial charge in [0.2, 0.25) is 5.91 Å². The van der Waals surface area contributed by atoms with E-state index in [0.717, 1.165) is 36.0 Å². The highest BCUT2D eigenvalue weighted by atomic mass is 79.9. The Bertz CT molecular complexity index is 858. The third-order valence-corrected chi connectivity index (χ3v) is 5.33. The smallest absolute Gasteiger partial charge is 0.253 e. The molecule has 0 aliphatic carbocycles. The monoisotopic (exact) mass is 442 g/mol. The molecule has 0 unspecified atom stereocenters. The van der Waals surface area contributed by atoms with Crippen molar-refractivity contribution < 1.29 is 14.4 Å². The van der Waals surface area contributed by atoms with Gasteiger partial charge >= 0.3 is 0 Å². The first-order valence-electron chi connectivity index (χ1n) is 9.46. The average molecular weight is 443 g/mol. The Morgan fingerprint density at radius 2 is 1.64 bits per heavy atom. The SMILES string of the molecule is O=C(CCC(=O)c1ccc(Br)cc1)NCc1cccc(C(=O)N2CCCC2)c1. The molecule has 0 saturated carbocycles. The van der Waals surface area contributed by atoms with E-state index < -0.39 is 0 Å². The second-order valence-corrected chi connectivity index (χ2v) is 7.82. The van der Waals surface area contributed by atoms with Crippen LogP contribution in [0.3, 0.4) is 0 Å². The second-order valence-electron chi connectivity index (χ2n) is 6.91. The van der Waals surface area contributed by atoms with Crippen molar-refractivity contribution in [3.05, 3.63) is 69.7 Å². The van der Waals surface area contributed by atoms with Crippen molar-refractivity contribution in [3.8, 4) is 0 Å². The van der Waals surface area contributed by atoms with Crippen LogP contribution in [0.15, 0.2) is 53.0 Å². The number of ketones is 1. The van der Waals surface area contributed by atoms with Crippen LogP contribution in [0, 0.1) is 0 Å². The van der Waals surface area contributed by atoms with Gasteiger partial charge in [-0.2, -0.15) is 0 Å². The van der Waals surface area contributed by atoms with Gasteiger partial charge in [0.1, 0.15) is 0 Å². The molecule has 1 saturated heterocycles. The van der Waals surface area contributed by atoms with Crippen LogP contribution in [0.2, 0.25) is 0 Å². The summed E-state index contributed by atoms with van der Waals surface area (Å²) in [4.78, 5) is 38.6. The number of Topliss-reactive ketones (excluding diaryl/α,β-unsaturated/α-hetero) is 1. The molecule has 146 valence electrons. The summed E-state index contributed by atoms with van der Waals surface area (Å²) < 4.78 is 0.909. The third-order valence-electron chi connectivity index (χ3n) is 4.80. The number of halogens is 1. The fraction of sp³-hybridized carbons (Fsp3) is 0.318. The van der Waals surface area contributed by atoms with Crippen molar-refractivity contribution in [3.63, 3.8) is 0 Å². The summed E-state index contributed by atoms with van der Waals surface area (Å²) in [5, 5.41) is 2.83. The summed E-state index contributed by atoms with van der Waals surface area (Å²) >= 11 is 3.33. The molecule has 0 bridgehead atoms. The number of hydrogen-bond donors (Lipinski definition) is 1. The molecule has 0 spiro atoms. The van der Waals surface area contributed by atoms with Crippen LogP contribution in [0.1, 0.15) is 52.0 Å². The van der Waals surface area contributed by atoms with Gasteiger partial charge in [0.25, 0.3) is 5.91 Å². The van der Waals surface area contributed by atoms with E-state index >= 15 is 0 Å². The third kappa shape index (κ3) is 5.52. The summed E-state index contributed by atoms with van der Waals surface area (Å²) in [7, 11) is 0. The molecule has 2 aromatic carbocycles. The minimum absolute atomic E-state index is 0.0470. The quantitative estimate of drug-likeness (QED) is 0.659. The summed E-state index contributed by atoms with van der Waals surface area (Å²) in [5.74, 6) is -0.187. The lowest BCUT2D eigenvalue weighted by Crippen LogP contribution is -2.28. The van der Waals surface area contributed by atoms with Crippen molar-refractivity contribution in [2.24, 2.45) is 0 Å². The minimum atomic E-state index is -0.179. The van der Waals surface area contributed by atoms with E-state index in [1.807, 2.05) is 41.3 Å². The van der Waals surface area contributed by atoms with Crippen molar-refractivity contribution in [1.82, 2.24) is 10.2 Å². The summed E-state index contributed by atoms with van der Waals surface area (Å²) in [6, 6.07) is 14.5. The van der Waals surface area contributed by atoms with Gasteiger partial charge in [0, 0.05) is 48.1 Å². The van der Waals surface area contributed by atoms with Crippen molar-refractivity contribution in [2.75, 3.05) is 13.1 Å². The first kappa shape index (κ1) is 20.3. The van der Waals surface area contributed by atoms with Gasteiger partial charge in [-0.05, 0) is 42.7 Å². The van der Waals surface area contributed by atoms with Crippen LogP contribution in [0.5, 0.6) is 0 Å². The van der Waals surface area contributed by atoms with Crippen LogP contribution in [0.4, 0.5) is 0 Å². The summed E-state index contributed by atoms with van der Waals surface area (Å²) in [6.07, 6.45) is 2.42. The van der Waals surface area contributed by atoms with Crippen LogP contribution in [-0.2, 0) is 11.3 Å². The zero-order valence-corrected chi connectivity index (χ0v) is 17.2. The van der Waals surface area contributed by atoms with Gasteiger partial charge in [-0.1, -0.05) is 40.2 Å². The minimum Gasteiger partial charge on any atom is -0.352 e. The van der Waals surface area contributed by atoms with Gasteiger partial charge in [0.05, 0.1) is 0 Å². The van der Waals surface area contributed by atoms with E-state index in [0.29, 0.717) is 17.7 Å². The Balaban J connectivity index is 1.47. The standard InChI is InChI=1S/C22H23BrN2O3/c23-19-8-6-17(7-9-19)20(26)10-11-21(27)24-15-16-4-3-5-18(14-16)22(28)25-12-1-2-13-25/h3-9,14H,1-2,10-13,15H2,(H,24,27). The fourth-order valence-electron chi connectivity index (χ4n) is 3.21. The first-order valence-corrected chi connectivity index (χ1v) is 10.3. The largest absolute Gasteiger partial charge is 0.352 e. The number of nitrogens with zero attached hydrogens (tertiary/aromatic N) is 1. The van der Waals surface area contributed by atoms with E-state index in [4.69, 9.17) is 0 Å². The number of nitrogens with one attached hydrogen (secondary N) is 1. The molecule has 2 aromatic rings. The molecule has 1 aliphatic rings. The Labute approximate surface area is 173 Å². The maximum atomic E-state index is 12.5. The molecule has 5 nitrogen and oxygen atoms in total. The zero-order chi connectivity index (χ0) is 19.9. The Morgan fingerprint density at radius 1 is 0.929 bits per heavy atom. The van der Waals surface area contributed by atoms with Crippen LogP contribution < -0.4 is 5.32 Å². The van der Waals surface area contributed by atoms with E-state index in [2.05, 4.69) is 21.2 Å². The highest BCUT2D eigenvalue weighted by Crippen LogP contribution is 2.15. The molecule has 1 aliphatic heterocycles. The van der Waals surface area contributed by atoms with Gasteiger partial charge in [0.15, 0.2) is 5.78 Å².